The summed E-state index contributed by atoms with van der Waals surface area (Å²) < 4.78 is 41.0. The maximum atomic E-state index is 13.1. The van der Waals surface area contributed by atoms with Crippen LogP contribution in [-0.4, -0.2) is 9.67 Å². The molecule has 1 aromatic heterocycles. The molecule has 0 atom stereocenters. The van der Waals surface area contributed by atoms with Crippen molar-refractivity contribution in [3.63, 3.8) is 0 Å². The van der Waals surface area contributed by atoms with Gasteiger partial charge in [-0.05, 0) is 63.6 Å². The maximum absolute atomic E-state index is 13.1. The van der Waals surface area contributed by atoms with Crippen LogP contribution in [0.2, 0.25) is 0 Å². The van der Waals surface area contributed by atoms with Gasteiger partial charge in [-0.3, -0.25) is 0 Å². The quantitative estimate of drug-likeness (QED) is 0.876. The van der Waals surface area contributed by atoms with Gasteiger partial charge in [0, 0.05) is 17.1 Å². The number of benzene rings is 1. The van der Waals surface area contributed by atoms with Crippen LogP contribution in [0.25, 0.3) is 5.69 Å². The van der Waals surface area contributed by atoms with Crippen molar-refractivity contribution < 1.29 is 18.3 Å². The number of aryl methyl sites for hydroxylation is 2. The van der Waals surface area contributed by atoms with Crippen LogP contribution >= 0.6 is 0 Å². The first kappa shape index (κ1) is 15.6. The molecule has 0 aliphatic rings. The Hall–Kier alpha value is -1.75. The summed E-state index contributed by atoms with van der Waals surface area (Å²) in [6.07, 6.45) is -4.45. The van der Waals surface area contributed by atoms with Crippen molar-refractivity contribution in [2.24, 2.45) is 0 Å². The molecule has 0 aliphatic carbocycles. The predicted octanol–water partition coefficient (Wildman–Crippen LogP) is 4.34. The van der Waals surface area contributed by atoms with Crippen molar-refractivity contribution in [2.45, 2.75) is 39.5 Å². The molecule has 0 spiro atoms. The number of aliphatic hydroxyl groups is 1. The molecule has 5 heteroatoms. The van der Waals surface area contributed by atoms with Gasteiger partial charge >= 0.3 is 6.18 Å². The number of aromatic nitrogens is 1. The Kier molecular flexibility index (Phi) is 3.66. The van der Waals surface area contributed by atoms with Gasteiger partial charge in [0.1, 0.15) is 0 Å². The van der Waals surface area contributed by atoms with Crippen LogP contribution in [0, 0.1) is 13.8 Å². The Morgan fingerprint density at radius 3 is 1.81 bits per heavy atom. The molecule has 2 nitrogen and oxygen atoms in total. The molecule has 21 heavy (non-hydrogen) atoms. The number of nitrogens with zero attached hydrogens (tertiary/aromatic N) is 1. The first-order valence-electron chi connectivity index (χ1n) is 6.60. The fourth-order valence-corrected chi connectivity index (χ4v) is 2.33. The third-order valence-corrected chi connectivity index (χ3v) is 3.48. The zero-order chi connectivity index (χ0) is 16.0. The molecular weight excluding hydrogens is 279 g/mol. The molecule has 0 fully saturated rings. The molecule has 0 saturated carbocycles. The van der Waals surface area contributed by atoms with E-state index in [-0.39, 0.29) is 5.56 Å². The summed E-state index contributed by atoms with van der Waals surface area (Å²) in [4.78, 5) is 0. The number of halogens is 3. The number of rotatable bonds is 2. The highest BCUT2D eigenvalue weighted by Gasteiger charge is 2.33. The minimum Gasteiger partial charge on any atom is -0.386 e. The zero-order valence-corrected chi connectivity index (χ0v) is 12.4. The fraction of sp³-hybridized carbons (Fsp3) is 0.375. The van der Waals surface area contributed by atoms with E-state index in [0.717, 1.165) is 23.5 Å². The van der Waals surface area contributed by atoms with E-state index in [0.29, 0.717) is 5.69 Å². The Labute approximate surface area is 121 Å². The first-order valence-corrected chi connectivity index (χ1v) is 6.60. The fourth-order valence-electron chi connectivity index (χ4n) is 2.33. The van der Waals surface area contributed by atoms with Gasteiger partial charge < -0.3 is 9.67 Å². The summed E-state index contributed by atoms with van der Waals surface area (Å²) in [6, 6.07) is 7.39. The predicted molar refractivity (Wildman–Crippen MR) is 75.5 cm³/mol. The van der Waals surface area contributed by atoms with Gasteiger partial charge in [0.25, 0.3) is 0 Å². The maximum Gasteiger partial charge on any atom is 0.416 e. The van der Waals surface area contributed by atoms with E-state index in [9.17, 15) is 18.3 Å². The van der Waals surface area contributed by atoms with Gasteiger partial charge in [-0.1, -0.05) is 0 Å². The lowest BCUT2D eigenvalue weighted by atomic mass is 9.95. The second kappa shape index (κ2) is 4.91. The minimum absolute atomic E-state index is 0.236. The molecule has 0 aliphatic heterocycles. The highest BCUT2D eigenvalue weighted by atomic mass is 19.4. The van der Waals surface area contributed by atoms with Crippen LogP contribution in [0.15, 0.2) is 30.3 Å². The molecule has 0 radical (unpaired) electrons. The Balaban J connectivity index is 2.73. The summed E-state index contributed by atoms with van der Waals surface area (Å²) >= 11 is 0. The Morgan fingerprint density at radius 1 is 0.905 bits per heavy atom. The normalized spacial score (nSPS) is 12.8. The average molecular weight is 297 g/mol. The lowest BCUT2D eigenvalue weighted by Crippen LogP contribution is -2.18. The van der Waals surface area contributed by atoms with E-state index in [4.69, 9.17) is 0 Å². The first-order chi connectivity index (χ1) is 9.50. The second-order valence-corrected chi connectivity index (χ2v) is 5.78. The topological polar surface area (TPSA) is 25.2 Å². The van der Waals surface area contributed by atoms with Crippen LogP contribution in [0.5, 0.6) is 0 Å². The van der Waals surface area contributed by atoms with E-state index in [1.807, 2.05) is 26.0 Å². The van der Waals surface area contributed by atoms with Gasteiger partial charge in [0.15, 0.2) is 0 Å². The smallest absolute Gasteiger partial charge is 0.386 e. The molecular formula is C16H18F3NO. The molecule has 1 aromatic carbocycles. The van der Waals surface area contributed by atoms with Crippen LogP contribution in [0.1, 0.15) is 36.4 Å². The van der Waals surface area contributed by atoms with Crippen LogP contribution in [-0.2, 0) is 11.8 Å². The highest BCUT2D eigenvalue weighted by molar-refractivity contribution is 5.46. The molecule has 114 valence electrons. The molecule has 0 amide bonds. The van der Waals surface area contributed by atoms with Crippen molar-refractivity contribution in [1.82, 2.24) is 4.57 Å². The van der Waals surface area contributed by atoms with E-state index in [1.165, 1.54) is 13.8 Å². The van der Waals surface area contributed by atoms with Gasteiger partial charge in [0.2, 0.25) is 0 Å². The van der Waals surface area contributed by atoms with Crippen molar-refractivity contribution in [2.75, 3.05) is 0 Å². The molecule has 0 bridgehead atoms. The largest absolute Gasteiger partial charge is 0.416 e. The van der Waals surface area contributed by atoms with E-state index in [2.05, 4.69) is 0 Å². The molecule has 1 N–H and O–H groups in total. The van der Waals surface area contributed by atoms with Gasteiger partial charge in [-0.25, -0.2) is 0 Å². The summed E-state index contributed by atoms with van der Waals surface area (Å²) in [7, 11) is 0. The number of hydrogen-bond acceptors (Lipinski definition) is 1. The van der Waals surface area contributed by atoms with Gasteiger partial charge in [-0.2, -0.15) is 13.2 Å². The van der Waals surface area contributed by atoms with Crippen molar-refractivity contribution >= 4 is 0 Å². The summed E-state index contributed by atoms with van der Waals surface area (Å²) in [6.45, 7) is 6.61. The van der Waals surface area contributed by atoms with E-state index >= 15 is 0 Å². The number of alkyl halides is 3. The molecule has 0 saturated heterocycles. The molecule has 2 aromatic rings. The van der Waals surface area contributed by atoms with Gasteiger partial charge in [0.05, 0.1) is 11.2 Å². The third-order valence-electron chi connectivity index (χ3n) is 3.48. The zero-order valence-electron chi connectivity index (χ0n) is 12.4. The van der Waals surface area contributed by atoms with Crippen molar-refractivity contribution in [3.05, 3.63) is 52.8 Å². The lowest BCUT2D eigenvalue weighted by molar-refractivity contribution is -0.137. The Morgan fingerprint density at radius 2 is 1.38 bits per heavy atom. The van der Waals surface area contributed by atoms with Crippen LogP contribution < -0.4 is 0 Å². The Bertz CT molecular complexity index is 611. The van der Waals surface area contributed by atoms with Crippen molar-refractivity contribution in [1.29, 1.82) is 0 Å². The van der Waals surface area contributed by atoms with Crippen LogP contribution in [0.3, 0.4) is 0 Å². The SMILES string of the molecule is Cc1ccc(C)n1-c1cc(C(C)(C)O)cc(C(F)(F)F)c1. The summed E-state index contributed by atoms with van der Waals surface area (Å²) in [5, 5.41) is 10.1. The van der Waals surface area contributed by atoms with E-state index in [1.54, 1.807) is 10.6 Å². The summed E-state index contributed by atoms with van der Waals surface area (Å²) in [5.74, 6) is 0. The third kappa shape index (κ3) is 3.13. The van der Waals surface area contributed by atoms with Crippen molar-refractivity contribution in [3.8, 4) is 5.69 Å². The minimum atomic E-state index is -4.45. The monoisotopic (exact) mass is 297 g/mol. The average Bonchev–Trinajstić information content (AvgIpc) is 2.66. The molecule has 1 heterocycles. The standard InChI is InChI=1S/C16H18F3NO/c1-10-5-6-11(2)20(10)14-8-12(15(3,4)21)7-13(9-14)16(17,18)19/h5-9,21H,1-4H3. The van der Waals surface area contributed by atoms with E-state index < -0.39 is 17.3 Å². The number of hydrogen-bond donors (Lipinski definition) is 1. The van der Waals surface area contributed by atoms with Crippen LogP contribution in [0.4, 0.5) is 13.2 Å². The lowest BCUT2D eigenvalue weighted by Gasteiger charge is -2.22. The summed E-state index contributed by atoms with van der Waals surface area (Å²) in [5.41, 5.74) is 0.221. The molecule has 2 rings (SSSR count). The van der Waals surface area contributed by atoms with Gasteiger partial charge in [-0.15, -0.1) is 0 Å². The molecule has 0 unspecified atom stereocenters. The second-order valence-electron chi connectivity index (χ2n) is 5.78. The highest BCUT2D eigenvalue weighted by Crippen LogP contribution is 2.34.